The van der Waals surface area contributed by atoms with Crippen molar-refractivity contribution in [1.82, 2.24) is 14.8 Å². The van der Waals surface area contributed by atoms with E-state index in [1.165, 1.54) is 0 Å². The van der Waals surface area contributed by atoms with E-state index in [9.17, 15) is 9.59 Å². The van der Waals surface area contributed by atoms with Crippen LogP contribution >= 0.6 is 0 Å². The van der Waals surface area contributed by atoms with Crippen LogP contribution < -0.4 is 10.1 Å². The number of amides is 2. The van der Waals surface area contributed by atoms with Gasteiger partial charge in [-0.25, -0.2) is 0 Å². The highest BCUT2D eigenvalue weighted by atomic mass is 16.5. The largest absolute Gasteiger partial charge is 0.494 e. The molecule has 3 heterocycles. The van der Waals surface area contributed by atoms with Crippen molar-refractivity contribution in [2.75, 3.05) is 6.61 Å². The third-order valence-corrected chi connectivity index (χ3v) is 7.49. The molecule has 2 amide bonds. The predicted molar refractivity (Wildman–Crippen MR) is 130 cm³/mol. The minimum absolute atomic E-state index is 0.106. The molecule has 1 unspecified atom stereocenters. The van der Waals surface area contributed by atoms with Crippen LogP contribution in [0.4, 0.5) is 0 Å². The zero-order chi connectivity index (χ0) is 23.9. The van der Waals surface area contributed by atoms with Crippen molar-refractivity contribution in [3.05, 3.63) is 53.9 Å². The first-order valence-corrected chi connectivity index (χ1v) is 12.3. The van der Waals surface area contributed by atoms with E-state index in [0.29, 0.717) is 30.3 Å². The molecule has 1 aliphatic carbocycles. The lowest BCUT2D eigenvalue weighted by atomic mass is 9.86. The van der Waals surface area contributed by atoms with Crippen LogP contribution in [0.15, 0.2) is 47.1 Å². The summed E-state index contributed by atoms with van der Waals surface area (Å²) in [6.45, 7) is 7.26. The Bertz CT molecular complexity index is 1200. The number of rotatable bonds is 6. The fraction of sp³-hybridized carbons (Fsp3) is 0.481. The number of hydrogen-bond acceptors (Lipinski definition) is 4. The van der Waals surface area contributed by atoms with Crippen molar-refractivity contribution in [1.29, 1.82) is 0 Å². The van der Waals surface area contributed by atoms with Crippen LogP contribution in [-0.2, 0) is 17.9 Å². The number of benzene rings is 1. The number of aromatic nitrogens is 1. The molecule has 0 saturated heterocycles. The lowest BCUT2D eigenvalue weighted by Gasteiger charge is -2.45. The molecule has 2 aliphatic rings. The minimum atomic E-state index is -1.06. The molecule has 2 aromatic heterocycles. The van der Waals surface area contributed by atoms with Gasteiger partial charge in [-0.1, -0.05) is 25.1 Å². The molecule has 7 nitrogen and oxygen atoms in total. The van der Waals surface area contributed by atoms with Gasteiger partial charge in [0.05, 0.1) is 31.5 Å². The van der Waals surface area contributed by atoms with E-state index in [4.69, 9.17) is 9.15 Å². The number of furan rings is 1. The molecule has 1 aromatic carbocycles. The highest BCUT2D eigenvalue weighted by molar-refractivity contribution is 6.02. The Balaban J connectivity index is 1.51. The fourth-order valence-corrected chi connectivity index (χ4v) is 5.37. The zero-order valence-corrected chi connectivity index (χ0v) is 20.2. The summed E-state index contributed by atoms with van der Waals surface area (Å²) < 4.78 is 13.3. The molecule has 7 heteroatoms. The number of para-hydroxylation sites is 1. The summed E-state index contributed by atoms with van der Waals surface area (Å²) in [4.78, 5) is 29.4. The van der Waals surface area contributed by atoms with Crippen molar-refractivity contribution in [2.24, 2.45) is 5.92 Å². The third-order valence-electron chi connectivity index (χ3n) is 7.49. The smallest absolute Gasteiger partial charge is 0.271 e. The van der Waals surface area contributed by atoms with Gasteiger partial charge < -0.3 is 23.9 Å². The molecule has 1 N–H and O–H groups in total. The second-order valence-electron chi connectivity index (χ2n) is 9.92. The second kappa shape index (κ2) is 8.85. The first-order chi connectivity index (χ1) is 16.4. The van der Waals surface area contributed by atoms with Crippen LogP contribution in [0.25, 0.3) is 11.1 Å². The summed E-state index contributed by atoms with van der Waals surface area (Å²) in [6.07, 6.45) is 5.80. The quantitative estimate of drug-likeness (QED) is 0.573. The summed E-state index contributed by atoms with van der Waals surface area (Å²) >= 11 is 0. The van der Waals surface area contributed by atoms with Gasteiger partial charge in [0.15, 0.2) is 5.58 Å². The fourth-order valence-electron chi connectivity index (χ4n) is 5.37. The van der Waals surface area contributed by atoms with Crippen molar-refractivity contribution >= 4 is 22.9 Å². The van der Waals surface area contributed by atoms with Crippen LogP contribution in [0.1, 0.15) is 62.5 Å². The number of carbonyl (C=O) groups is 2. The first kappa shape index (κ1) is 22.6. The highest BCUT2D eigenvalue weighted by Gasteiger charge is 2.48. The standard InChI is InChI=1S/C27H33N3O4/c1-4-33-23-8-6-5-7-19(23)16-30-25(31)22-15-24-21(13-14-34-24)29(22)17-27(30,3)26(32)28-20-11-9-18(2)10-12-20/h5-8,13-15,18,20H,4,9-12,16-17H2,1-3H3,(H,28,32). The Kier molecular flexibility index (Phi) is 5.88. The molecule has 180 valence electrons. The van der Waals surface area contributed by atoms with Crippen LogP contribution in [-0.4, -0.2) is 39.5 Å². The van der Waals surface area contributed by atoms with Gasteiger partial charge in [0, 0.05) is 23.7 Å². The Morgan fingerprint density at radius 2 is 1.97 bits per heavy atom. The molecular formula is C27H33N3O4. The summed E-state index contributed by atoms with van der Waals surface area (Å²) in [5, 5.41) is 3.29. The number of nitrogens with one attached hydrogen (secondary N) is 1. The Labute approximate surface area is 200 Å². The highest BCUT2D eigenvalue weighted by Crippen LogP contribution is 2.35. The SMILES string of the molecule is CCOc1ccccc1CN1C(=O)c2cc3occc3n2CC1(C)C(=O)NC1CCC(C)CC1. The van der Waals surface area contributed by atoms with Crippen molar-refractivity contribution in [3.63, 3.8) is 0 Å². The molecule has 0 bridgehead atoms. The number of ether oxygens (including phenoxy) is 1. The van der Waals surface area contributed by atoms with Gasteiger partial charge in [0.1, 0.15) is 17.0 Å². The molecule has 1 atom stereocenters. The average molecular weight is 464 g/mol. The van der Waals surface area contributed by atoms with E-state index >= 15 is 0 Å². The monoisotopic (exact) mass is 463 g/mol. The molecule has 1 saturated carbocycles. The van der Waals surface area contributed by atoms with Crippen molar-refractivity contribution in [3.8, 4) is 5.75 Å². The summed E-state index contributed by atoms with van der Waals surface area (Å²) in [6, 6.07) is 11.5. The van der Waals surface area contributed by atoms with Gasteiger partial charge in [-0.2, -0.15) is 0 Å². The number of carbonyl (C=O) groups excluding carboxylic acids is 2. The van der Waals surface area contributed by atoms with E-state index in [2.05, 4.69) is 12.2 Å². The summed E-state index contributed by atoms with van der Waals surface area (Å²) in [7, 11) is 0. The maximum atomic E-state index is 13.9. The lowest BCUT2D eigenvalue weighted by Crippen LogP contribution is -2.64. The van der Waals surface area contributed by atoms with Crippen LogP contribution in [0, 0.1) is 5.92 Å². The van der Waals surface area contributed by atoms with Crippen molar-refractivity contribution < 1.29 is 18.7 Å². The number of fused-ring (bicyclic) bond motifs is 3. The molecule has 0 spiro atoms. The molecule has 0 radical (unpaired) electrons. The molecular weight excluding hydrogens is 430 g/mol. The average Bonchev–Trinajstić information content (AvgIpc) is 3.42. The number of hydrogen-bond donors (Lipinski definition) is 1. The van der Waals surface area contributed by atoms with Gasteiger partial charge in [-0.15, -0.1) is 0 Å². The first-order valence-electron chi connectivity index (χ1n) is 12.3. The maximum absolute atomic E-state index is 13.9. The minimum Gasteiger partial charge on any atom is -0.494 e. The second-order valence-corrected chi connectivity index (χ2v) is 9.92. The Morgan fingerprint density at radius 3 is 2.74 bits per heavy atom. The normalized spacial score (nSPS) is 24.8. The topological polar surface area (TPSA) is 76.7 Å². The van der Waals surface area contributed by atoms with E-state index in [1.54, 1.807) is 17.2 Å². The van der Waals surface area contributed by atoms with Gasteiger partial charge in [0.2, 0.25) is 5.91 Å². The molecule has 1 fully saturated rings. The predicted octanol–water partition coefficient (Wildman–Crippen LogP) is 4.74. The van der Waals surface area contributed by atoms with E-state index in [0.717, 1.165) is 42.5 Å². The van der Waals surface area contributed by atoms with Gasteiger partial charge in [0.25, 0.3) is 5.91 Å². The van der Waals surface area contributed by atoms with Gasteiger partial charge in [-0.3, -0.25) is 9.59 Å². The van der Waals surface area contributed by atoms with Crippen LogP contribution in [0.5, 0.6) is 5.75 Å². The third kappa shape index (κ3) is 3.87. The summed E-state index contributed by atoms with van der Waals surface area (Å²) in [5.41, 5.74) is 1.86. The Hall–Kier alpha value is -3.22. The van der Waals surface area contributed by atoms with Crippen LogP contribution in [0.3, 0.4) is 0 Å². The molecule has 1 aliphatic heterocycles. The maximum Gasteiger partial charge on any atom is 0.271 e. The van der Waals surface area contributed by atoms with Gasteiger partial charge in [-0.05, 0) is 51.5 Å². The molecule has 34 heavy (non-hydrogen) atoms. The van der Waals surface area contributed by atoms with E-state index in [-0.39, 0.29) is 24.4 Å². The van der Waals surface area contributed by atoms with Crippen LogP contribution in [0.2, 0.25) is 0 Å². The summed E-state index contributed by atoms with van der Waals surface area (Å²) in [5.74, 6) is 1.14. The molecule has 5 rings (SSSR count). The number of nitrogens with zero attached hydrogens (tertiary/aromatic N) is 2. The molecule has 3 aromatic rings. The van der Waals surface area contributed by atoms with Crippen molar-refractivity contribution in [2.45, 2.75) is 71.1 Å². The zero-order valence-electron chi connectivity index (χ0n) is 20.2. The van der Waals surface area contributed by atoms with Gasteiger partial charge >= 0.3 is 0 Å². The Morgan fingerprint density at radius 1 is 1.21 bits per heavy atom. The van der Waals surface area contributed by atoms with E-state index in [1.807, 2.05) is 48.7 Å². The van der Waals surface area contributed by atoms with E-state index < -0.39 is 5.54 Å². The lowest BCUT2D eigenvalue weighted by molar-refractivity contribution is -0.134.